The topological polar surface area (TPSA) is 86.7 Å². The zero-order valence-corrected chi connectivity index (χ0v) is 25.6. The minimum atomic E-state index is -4.47. The monoisotopic (exact) mass is 540 g/mol. The number of unbranched alkanes of at least 4 members (excludes halogenated alkanes) is 14. The number of rotatable bonds is 25. The van der Waals surface area contributed by atoms with E-state index in [2.05, 4.69) is 31.9 Å². The summed E-state index contributed by atoms with van der Waals surface area (Å²) in [5, 5.41) is 9.64. The Hall–Kier alpha value is 0.260. The summed E-state index contributed by atoms with van der Waals surface area (Å²) in [6.07, 6.45) is 28.4. The maximum Gasteiger partial charge on any atom is 0.217 e. The Morgan fingerprint density at radius 2 is 0.914 bits per heavy atom. The first-order chi connectivity index (χ1) is 16.8. The van der Waals surface area contributed by atoms with Crippen LogP contribution in [0.2, 0.25) is 0 Å². The van der Waals surface area contributed by atoms with Crippen molar-refractivity contribution in [3.8, 4) is 0 Å². The van der Waals surface area contributed by atoms with Crippen molar-refractivity contribution in [3.63, 3.8) is 0 Å². The molecule has 1 N–H and O–H groups in total. The second-order valence-electron chi connectivity index (χ2n) is 10.1. The van der Waals surface area contributed by atoms with Gasteiger partial charge in [0.25, 0.3) is 0 Å². The van der Waals surface area contributed by atoms with Gasteiger partial charge in [-0.15, -0.1) is 0 Å². The average molecular weight is 541 g/mol. The first-order valence-corrected chi connectivity index (χ1v) is 18.7. The van der Waals surface area contributed by atoms with E-state index in [0.29, 0.717) is 13.0 Å². The summed E-state index contributed by atoms with van der Waals surface area (Å²) in [7, 11) is -5.34. The summed E-state index contributed by atoms with van der Waals surface area (Å²) < 4.78 is 34.0. The van der Waals surface area contributed by atoms with Crippen LogP contribution in [-0.4, -0.2) is 55.9 Å². The van der Waals surface area contributed by atoms with Gasteiger partial charge in [-0.05, 0) is 44.9 Å². The van der Waals surface area contributed by atoms with Crippen LogP contribution in [0.4, 0.5) is 0 Å². The number of aliphatic hydroxyl groups excluding tert-OH is 1. The lowest BCUT2D eigenvalue weighted by Crippen LogP contribution is -2.15. The van der Waals surface area contributed by atoms with E-state index in [-0.39, 0.29) is 6.61 Å². The fraction of sp³-hybridized carbons (Fsp3) is 1.00. The molecule has 0 aromatic rings. The van der Waals surface area contributed by atoms with Gasteiger partial charge in [-0.1, -0.05) is 98.3 Å². The molecule has 0 unspecified atom stereocenters. The van der Waals surface area contributed by atoms with Crippen LogP contribution < -0.4 is 0 Å². The minimum Gasteiger partial charge on any atom is -0.726 e. The third-order valence-electron chi connectivity index (χ3n) is 6.76. The molecular weight excluding hydrogens is 479 g/mol. The van der Waals surface area contributed by atoms with Crippen molar-refractivity contribution in [3.05, 3.63) is 0 Å². The van der Waals surface area contributed by atoms with Crippen LogP contribution >= 0.6 is 7.26 Å². The molecule has 0 spiro atoms. The molecule has 214 valence electrons. The Balaban J connectivity index is 0. The van der Waals surface area contributed by atoms with E-state index in [1.54, 1.807) is 0 Å². The lowest BCUT2D eigenvalue weighted by Gasteiger charge is -2.27. The van der Waals surface area contributed by atoms with Gasteiger partial charge in [0.2, 0.25) is 10.4 Å². The Morgan fingerprint density at radius 3 is 1.26 bits per heavy atom. The largest absolute Gasteiger partial charge is 0.726 e. The van der Waals surface area contributed by atoms with Gasteiger partial charge >= 0.3 is 0 Å². The van der Waals surface area contributed by atoms with Gasteiger partial charge in [-0.3, -0.25) is 4.18 Å². The lowest BCUT2D eigenvalue weighted by molar-refractivity contribution is 0.255. The minimum absolute atomic E-state index is 0.0258. The molecule has 0 aliphatic rings. The molecule has 0 rings (SSSR count). The van der Waals surface area contributed by atoms with Crippen molar-refractivity contribution in [1.82, 2.24) is 0 Å². The van der Waals surface area contributed by atoms with Gasteiger partial charge in [-0.2, -0.15) is 0 Å². The molecule has 0 aromatic heterocycles. The molecule has 0 radical (unpaired) electrons. The van der Waals surface area contributed by atoms with Gasteiger partial charge in [0.05, 0.1) is 37.9 Å². The molecule has 0 amide bonds. The molecule has 0 aliphatic carbocycles. The second kappa shape index (κ2) is 27.3. The molecule has 0 saturated heterocycles. The Labute approximate surface area is 220 Å². The first kappa shape index (κ1) is 37.4. The summed E-state index contributed by atoms with van der Waals surface area (Å²) >= 11 is 0. The second-order valence-corrected chi connectivity index (χ2v) is 15.7. The first-order valence-electron chi connectivity index (χ1n) is 14.9. The zero-order chi connectivity index (χ0) is 26.7. The Morgan fingerprint density at radius 1 is 0.571 bits per heavy atom. The molecule has 35 heavy (non-hydrogen) atoms. The molecule has 0 atom stereocenters. The van der Waals surface area contributed by atoms with Crippen LogP contribution in [0.15, 0.2) is 0 Å². The highest BCUT2D eigenvalue weighted by atomic mass is 32.3. The van der Waals surface area contributed by atoms with Crippen molar-refractivity contribution >= 4 is 17.7 Å². The van der Waals surface area contributed by atoms with Crippen LogP contribution in [0.3, 0.4) is 0 Å². The maximum atomic E-state index is 9.99. The number of hydrogen-bond acceptors (Lipinski definition) is 5. The third-order valence-corrected chi connectivity index (χ3v) is 12.2. The summed E-state index contributed by atoms with van der Waals surface area (Å²) in [5.74, 6) is 0. The van der Waals surface area contributed by atoms with Crippen molar-refractivity contribution in [2.24, 2.45) is 0 Å². The van der Waals surface area contributed by atoms with Crippen molar-refractivity contribution < 1.29 is 22.3 Å². The van der Waals surface area contributed by atoms with Crippen LogP contribution in [0.1, 0.15) is 143 Å². The summed E-state index contributed by atoms with van der Waals surface area (Å²) in [4.78, 5) is 0. The fourth-order valence-corrected chi connectivity index (χ4v) is 9.32. The van der Waals surface area contributed by atoms with Gasteiger partial charge in [0, 0.05) is 7.26 Å². The summed E-state index contributed by atoms with van der Waals surface area (Å²) in [6.45, 7) is 9.48. The standard InChI is InChI=1S/C20H44OP.C8H18O4S/c1-4-7-10-13-17-22(20-16-21,18-14-11-8-5-2)19-15-12-9-6-3;1-2-3-4-5-6-7-8-12-13(9,10)11/h21H,4-20H2,1-3H3;2-8H2,1H3,(H,9,10,11)/q+1;/p-1. The average Bonchev–Trinajstić information content (AvgIpc) is 2.82. The van der Waals surface area contributed by atoms with Crippen molar-refractivity contribution in [2.45, 2.75) is 143 Å². The van der Waals surface area contributed by atoms with Gasteiger partial charge in [-0.25, -0.2) is 8.42 Å². The molecule has 7 heteroatoms. The normalized spacial score (nSPS) is 11.9. The van der Waals surface area contributed by atoms with E-state index >= 15 is 0 Å². The molecule has 5 nitrogen and oxygen atoms in total. The number of aliphatic hydroxyl groups is 1. The maximum absolute atomic E-state index is 9.99. The van der Waals surface area contributed by atoms with Gasteiger partial charge in [0.1, 0.15) is 0 Å². The molecule has 0 fully saturated rings. The van der Waals surface area contributed by atoms with E-state index < -0.39 is 17.7 Å². The highest BCUT2D eigenvalue weighted by molar-refractivity contribution is 7.80. The lowest BCUT2D eigenvalue weighted by atomic mass is 10.1. The predicted octanol–water partition coefficient (Wildman–Crippen LogP) is 8.56. The SMILES string of the molecule is CCCCCCCCOS(=O)(=O)[O-].CCCCCC[P+](CCO)(CCCCCC)CCCCCC. The van der Waals surface area contributed by atoms with E-state index in [1.165, 1.54) is 115 Å². The highest BCUT2D eigenvalue weighted by Crippen LogP contribution is 2.60. The quantitative estimate of drug-likeness (QED) is 0.0542. The third kappa shape index (κ3) is 28.7. The fourth-order valence-electron chi connectivity index (χ4n) is 4.55. The van der Waals surface area contributed by atoms with E-state index in [4.69, 9.17) is 0 Å². The summed E-state index contributed by atoms with van der Waals surface area (Å²) in [5.41, 5.74) is 0. The molecule has 0 aliphatic heterocycles. The molecular formula is C28H61O5PS. The van der Waals surface area contributed by atoms with Crippen LogP contribution in [0, 0.1) is 0 Å². The molecule has 0 aromatic carbocycles. The van der Waals surface area contributed by atoms with Crippen LogP contribution in [0.5, 0.6) is 0 Å². The zero-order valence-electron chi connectivity index (χ0n) is 23.9. The number of hydrogen-bond donors (Lipinski definition) is 1. The highest BCUT2D eigenvalue weighted by Gasteiger charge is 2.34. The Kier molecular flexibility index (Phi) is 29.2. The molecule has 0 heterocycles. The summed E-state index contributed by atoms with van der Waals surface area (Å²) in [6, 6.07) is 0. The van der Waals surface area contributed by atoms with Crippen molar-refractivity contribution in [2.75, 3.05) is 37.9 Å². The predicted molar refractivity (Wildman–Crippen MR) is 155 cm³/mol. The van der Waals surface area contributed by atoms with E-state index in [0.717, 1.165) is 19.0 Å². The van der Waals surface area contributed by atoms with Crippen LogP contribution in [-0.2, 0) is 14.6 Å². The van der Waals surface area contributed by atoms with Crippen molar-refractivity contribution in [1.29, 1.82) is 0 Å². The van der Waals surface area contributed by atoms with Gasteiger partial charge in [0.15, 0.2) is 0 Å². The Bertz CT molecular complexity index is 482. The van der Waals surface area contributed by atoms with E-state index in [9.17, 15) is 18.1 Å². The molecule has 0 saturated carbocycles. The van der Waals surface area contributed by atoms with E-state index in [1.807, 2.05) is 0 Å². The smallest absolute Gasteiger partial charge is 0.217 e. The van der Waals surface area contributed by atoms with Crippen LogP contribution in [0.25, 0.3) is 0 Å². The van der Waals surface area contributed by atoms with Gasteiger partial charge < -0.3 is 9.66 Å². The molecule has 0 bridgehead atoms.